The number of hydrogen-bond acceptors (Lipinski definition) is 4. The average Bonchev–Trinajstić information content (AvgIpc) is 3.37. The Labute approximate surface area is 181 Å². The van der Waals surface area contributed by atoms with Gasteiger partial charge in [0, 0.05) is 41.5 Å². The Kier molecular flexibility index (Phi) is 4.76. The Morgan fingerprint density at radius 3 is 2.65 bits per heavy atom. The van der Waals surface area contributed by atoms with Gasteiger partial charge in [-0.05, 0) is 36.6 Å². The van der Waals surface area contributed by atoms with Gasteiger partial charge < -0.3 is 9.88 Å². The molecule has 1 amide bonds. The summed E-state index contributed by atoms with van der Waals surface area (Å²) in [6, 6.07) is 12.1. The van der Waals surface area contributed by atoms with Gasteiger partial charge in [-0.15, -0.1) is 10.2 Å². The third-order valence-corrected chi connectivity index (χ3v) is 6.28. The van der Waals surface area contributed by atoms with Crippen LogP contribution < -0.4 is 0 Å². The molecule has 1 fully saturated rings. The molecule has 160 valence electrons. The van der Waals surface area contributed by atoms with Crippen molar-refractivity contribution in [1.29, 1.82) is 0 Å². The Hall–Kier alpha value is -3.22. The predicted octanol–water partition coefficient (Wildman–Crippen LogP) is 3.85. The number of aromatic nitrogens is 5. The molecule has 0 radical (unpaired) electrons. The van der Waals surface area contributed by atoms with E-state index in [0.29, 0.717) is 6.42 Å². The topological polar surface area (TPSA) is 79.2 Å². The van der Waals surface area contributed by atoms with Crippen molar-refractivity contribution < 1.29 is 4.79 Å². The van der Waals surface area contributed by atoms with Crippen LogP contribution in [0.4, 0.5) is 0 Å². The van der Waals surface area contributed by atoms with E-state index in [4.69, 9.17) is 5.10 Å². The van der Waals surface area contributed by atoms with E-state index in [1.54, 1.807) is 0 Å². The van der Waals surface area contributed by atoms with Crippen LogP contribution in [0.5, 0.6) is 0 Å². The van der Waals surface area contributed by atoms with Crippen molar-refractivity contribution in [2.24, 2.45) is 0 Å². The normalized spacial score (nSPS) is 15.8. The molecule has 0 aliphatic carbocycles. The summed E-state index contributed by atoms with van der Waals surface area (Å²) >= 11 is 0. The van der Waals surface area contributed by atoms with Crippen LogP contribution in [0.25, 0.3) is 16.6 Å². The molecular weight excluding hydrogens is 388 g/mol. The van der Waals surface area contributed by atoms with E-state index in [1.807, 2.05) is 45.9 Å². The fourth-order valence-electron chi connectivity index (χ4n) is 4.40. The Morgan fingerprint density at radius 1 is 1.10 bits per heavy atom. The molecule has 7 nitrogen and oxygen atoms in total. The van der Waals surface area contributed by atoms with Gasteiger partial charge in [-0.3, -0.25) is 4.79 Å². The van der Waals surface area contributed by atoms with Gasteiger partial charge in [-0.1, -0.05) is 39.0 Å². The van der Waals surface area contributed by atoms with Crippen LogP contribution >= 0.6 is 0 Å². The van der Waals surface area contributed by atoms with Crippen molar-refractivity contribution in [2.45, 2.75) is 51.4 Å². The van der Waals surface area contributed by atoms with Crippen molar-refractivity contribution in [1.82, 2.24) is 29.7 Å². The molecule has 31 heavy (non-hydrogen) atoms. The van der Waals surface area contributed by atoms with Crippen LogP contribution in [0.15, 0.2) is 42.6 Å². The number of nitrogens with zero attached hydrogens (tertiary/aromatic N) is 5. The molecule has 1 aliphatic heterocycles. The highest BCUT2D eigenvalue weighted by molar-refractivity contribution is 5.88. The van der Waals surface area contributed by atoms with Gasteiger partial charge in [-0.25, -0.2) is 0 Å². The average molecular weight is 417 g/mol. The molecule has 1 aliphatic rings. The van der Waals surface area contributed by atoms with Crippen molar-refractivity contribution in [2.75, 3.05) is 13.1 Å². The minimum atomic E-state index is -0.0338. The lowest BCUT2D eigenvalue weighted by molar-refractivity contribution is -0.131. The van der Waals surface area contributed by atoms with E-state index in [0.717, 1.165) is 59.6 Å². The van der Waals surface area contributed by atoms with Crippen LogP contribution in [0.1, 0.15) is 56.6 Å². The number of fused-ring (bicyclic) bond motifs is 2. The first-order valence-corrected chi connectivity index (χ1v) is 11.0. The number of benzene rings is 1. The maximum atomic E-state index is 12.9. The second-order valence-corrected chi connectivity index (χ2v) is 9.49. The monoisotopic (exact) mass is 416 g/mol. The molecule has 1 saturated heterocycles. The van der Waals surface area contributed by atoms with Crippen molar-refractivity contribution in [3.05, 3.63) is 59.7 Å². The summed E-state index contributed by atoms with van der Waals surface area (Å²) in [6.07, 6.45) is 4.14. The highest BCUT2D eigenvalue weighted by atomic mass is 16.2. The van der Waals surface area contributed by atoms with E-state index in [-0.39, 0.29) is 17.2 Å². The number of carbonyl (C=O) groups excluding carboxylic acids is 1. The van der Waals surface area contributed by atoms with Crippen molar-refractivity contribution in [3.8, 4) is 0 Å². The minimum Gasteiger partial charge on any atom is -0.361 e. The molecule has 3 aromatic heterocycles. The molecule has 0 spiro atoms. The zero-order valence-corrected chi connectivity index (χ0v) is 18.3. The number of rotatable bonds is 3. The van der Waals surface area contributed by atoms with Gasteiger partial charge in [0.2, 0.25) is 5.91 Å². The quantitative estimate of drug-likeness (QED) is 0.550. The van der Waals surface area contributed by atoms with Crippen molar-refractivity contribution >= 4 is 22.5 Å². The van der Waals surface area contributed by atoms with E-state index in [1.165, 1.54) is 0 Å². The molecule has 1 N–H and O–H groups in total. The number of aromatic amines is 1. The summed E-state index contributed by atoms with van der Waals surface area (Å²) < 4.78 is 1.90. The van der Waals surface area contributed by atoms with Crippen LogP contribution in [0.2, 0.25) is 0 Å². The number of hydrogen-bond donors (Lipinski definition) is 1. The van der Waals surface area contributed by atoms with Gasteiger partial charge >= 0.3 is 0 Å². The summed E-state index contributed by atoms with van der Waals surface area (Å²) in [5.74, 6) is 1.35. The first-order chi connectivity index (χ1) is 14.9. The van der Waals surface area contributed by atoms with E-state index < -0.39 is 0 Å². The molecule has 1 aromatic carbocycles. The fourth-order valence-corrected chi connectivity index (χ4v) is 4.40. The summed E-state index contributed by atoms with van der Waals surface area (Å²) in [7, 11) is 0. The predicted molar refractivity (Wildman–Crippen MR) is 120 cm³/mol. The maximum absolute atomic E-state index is 12.9. The first-order valence-electron chi connectivity index (χ1n) is 11.0. The van der Waals surface area contributed by atoms with Gasteiger partial charge in [0.1, 0.15) is 0 Å². The number of H-pyrrole nitrogens is 1. The second kappa shape index (κ2) is 7.48. The number of nitrogens with one attached hydrogen (secondary N) is 1. The highest BCUT2D eigenvalue weighted by Gasteiger charge is 2.28. The standard InChI is InChI=1S/C24H28N6O/c1-24(2,3)20-8-9-21-26-27-23(30(21)28-20)16-10-12-29(13-11-16)22(31)14-17-15-25-19-7-5-4-6-18(17)19/h4-9,15-16,25H,10-14H2,1-3H3. The fraction of sp³-hybridized carbons (Fsp3) is 0.417. The van der Waals surface area contributed by atoms with E-state index >= 15 is 0 Å². The summed E-state index contributed by atoms with van der Waals surface area (Å²) in [5, 5.41) is 14.7. The third-order valence-electron chi connectivity index (χ3n) is 6.28. The second-order valence-electron chi connectivity index (χ2n) is 9.49. The minimum absolute atomic E-state index is 0.0338. The van der Waals surface area contributed by atoms with Crippen molar-refractivity contribution in [3.63, 3.8) is 0 Å². The lowest BCUT2D eigenvalue weighted by atomic mass is 9.92. The van der Waals surface area contributed by atoms with Gasteiger partial charge in [0.15, 0.2) is 11.5 Å². The van der Waals surface area contributed by atoms with E-state index in [9.17, 15) is 4.79 Å². The number of amides is 1. The molecule has 0 unspecified atom stereocenters. The smallest absolute Gasteiger partial charge is 0.227 e. The maximum Gasteiger partial charge on any atom is 0.227 e. The summed E-state index contributed by atoms with van der Waals surface area (Å²) in [6.45, 7) is 7.94. The molecule has 0 bridgehead atoms. The van der Waals surface area contributed by atoms with Gasteiger partial charge in [-0.2, -0.15) is 9.61 Å². The van der Waals surface area contributed by atoms with E-state index in [2.05, 4.69) is 42.0 Å². The molecule has 4 aromatic rings. The molecular formula is C24H28N6O. The zero-order valence-electron chi connectivity index (χ0n) is 18.3. The number of para-hydroxylation sites is 1. The van der Waals surface area contributed by atoms with Crippen LogP contribution in [-0.4, -0.2) is 48.7 Å². The SMILES string of the molecule is CC(C)(C)c1ccc2nnc(C3CCN(C(=O)Cc4c[nH]c5ccccc45)CC3)n2n1. The van der Waals surface area contributed by atoms with Crippen LogP contribution in [0.3, 0.4) is 0 Å². The number of likely N-dealkylation sites (tertiary alicyclic amines) is 1. The lowest BCUT2D eigenvalue weighted by Gasteiger charge is -2.31. The third kappa shape index (κ3) is 3.69. The molecule has 4 heterocycles. The molecule has 0 saturated carbocycles. The Balaban J connectivity index is 1.28. The van der Waals surface area contributed by atoms with Crippen LogP contribution in [-0.2, 0) is 16.6 Å². The largest absolute Gasteiger partial charge is 0.361 e. The molecule has 7 heteroatoms. The number of carbonyl (C=O) groups is 1. The van der Waals surface area contributed by atoms with Gasteiger partial charge in [0.05, 0.1) is 12.1 Å². The highest BCUT2D eigenvalue weighted by Crippen LogP contribution is 2.28. The molecule has 0 atom stereocenters. The lowest BCUT2D eigenvalue weighted by Crippen LogP contribution is -2.39. The summed E-state index contributed by atoms with van der Waals surface area (Å²) in [5.41, 5.74) is 3.90. The molecule has 5 rings (SSSR count). The summed E-state index contributed by atoms with van der Waals surface area (Å²) in [4.78, 5) is 18.2. The zero-order chi connectivity index (χ0) is 21.6. The first kappa shape index (κ1) is 19.7. The van der Waals surface area contributed by atoms with Gasteiger partial charge in [0.25, 0.3) is 0 Å². The number of piperidine rings is 1. The van der Waals surface area contributed by atoms with Crippen LogP contribution in [0, 0.1) is 0 Å². The Morgan fingerprint density at radius 2 is 1.87 bits per heavy atom. The Bertz CT molecular complexity index is 1240.